The van der Waals surface area contributed by atoms with E-state index in [-0.39, 0.29) is 13.2 Å². The van der Waals surface area contributed by atoms with Crippen molar-refractivity contribution >= 4 is 56.1 Å². The Morgan fingerprint density at radius 2 is 0.689 bits per heavy atom. The van der Waals surface area contributed by atoms with Gasteiger partial charge in [-0.1, -0.05) is 244 Å². The average Bonchev–Trinajstić information content (AvgIpc) is 3.62. The molecule has 11 nitrogen and oxygen atoms in total. The van der Waals surface area contributed by atoms with Gasteiger partial charge < -0.3 is 53.0 Å². The van der Waals surface area contributed by atoms with Crippen molar-refractivity contribution in [2.45, 2.75) is 132 Å². The van der Waals surface area contributed by atoms with Crippen molar-refractivity contribution in [3.8, 4) is 0 Å². The van der Waals surface area contributed by atoms with Crippen molar-refractivity contribution < 1.29 is 53.0 Å². The maximum Gasteiger partial charge on any atom is 0.261 e. The van der Waals surface area contributed by atoms with Crippen molar-refractivity contribution in [2.75, 3.05) is 19.8 Å². The highest BCUT2D eigenvalue weighted by atomic mass is 28.4. The molecular formula is C60H76O11Si3. The summed E-state index contributed by atoms with van der Waals surface area (Å²) in [4.78, 5) is 0. The first-order valence-corrected chi connectivity index (χ1v) is 31.5. The van der Waals surface area contributed by atoms with E-state index in [1.54, 1.807) is 0 Å². The van der Waals surface area contributed by atoms with E-state index < -0.39 is 101 Å². The minimum Gasteiger partial charge on any atom is -0.405 e. The van der Waals surface area contributed by atoms with Gasteiger partial charge >= 0.3 is 0 Å². The lowest BCUT2D eigenvalue weighted by atomic mass is 9.99. The van der Waals surface area contributed by atoms with E-state index in [4.69, 9.17) is 27.5 Å². The van der Waals surface area contributed by atoms with Crippen LogP contribution in [0.5, 0.6) is 0 Å². The van der Waals surface area contributed by atoms with Crippen molar-refractivity contribution in [2.24, 2.45) is 0 Å². The highest BCUT2D eigenvalue weighted by Crippen LogP contribution is 2.44. The van der Waals surface area contributed by atoms with Crippen LogP contribution in [-0.2, 0) is 27.5 Å². The van der Waals surface area contributed by atoms with Gasteiger partial charge in [0, 0.05) is 0 Å². The highest BCUT2D eigenvalue weighted by Gasteiger charge is 2.62. The molecule has 0 bridgehead atoms. The quantitative estimate of drug-likeness (QED) is 0.0751. The lowest BCUT2D eigenvalue weighted by molar-refractivity contribution is -0.382. The molecule has 74 heavy (non-hydrogen) atoms. The van der Waals surface area contributed by atoms with Crippen LogP contribution in [0.3, 0.4) is 0 Å². The van der Waals surface area contributed by atoms with Gasteiger partial charge in [0.15, 0.2) is 6.29 Å². The average molecular weight is 1060 g/mol. The molecule has 6 aromatic carbocycles. The second-order valence-electron chi connectivity index (χ2n) is 22.9. The second-order valence-corrected chi connectivity index (χ2v) is 35.9. The summed E-state index contributed by atoms with van der Waals surface area (Å²) in [5.74, 6) is -2.25. The first-order chi connectivity index (χ1) is 35.1. The van der Waals surface area contributed by atoms with Crippen molar-refractivity contribution in [1.29, 1.82) is 0 Å². The molecule has 6 aromatic rings. The summed E-state index contributed by atoms with van der Waals surface area (Å²) in [6, 6.07) is 60.2. The highest BCUT2D eigenvalue weighted by molar-refractivity contribution is 7.00. The zero-order chi connectivity index (χ0) is 53.2. The Balaban J connectivity index is 1.20. The fraction of sp³-hybridized carbons (Fsp3) is 0.400. The first-order valence-electron chi connectivity index (χ1n) is 25.8. The Bertz CT molecular complexity index is 2570. The van der Waals surface area contributed by atoms with Gasteiger partial charge in [0.1, 0.15) is 42.7 Å². The third-order valence-corrected chi connectivity index (χ3v) is 30.2. The molecule has 0 saturated carbocycles. The van der Waals surface area contributed by atoms with Crippen molar-refractivity contribution in [3.05, 3.63) is 182 Å². The molecule has 2 aliphatic heterocycles. The molecule has 2 fully saturated rings. The number of aliphatic hydroxyl groups is 5. The maximum atomic E-state index is 12.7. The topological polar surface area (TPSA) is 157 Å². The Morgan fingerprint density at radius 1 is 0.392 bits per heavy atom. The van der Waals surface area contributed by atoms with Crippen molar-refractivity contribution in [1.82, 2.24) is 0 Å². The fourth-order valence-corrected chi connectivity index (χ4v) is 25.2. The largest absolute Gasteiger partial charge is 0.405 e. The zero-order valence-corrected chi connectivity index (χ0v) is 47.2. The summed E-state index contributed by atoms with van der Waals surface area (Å²) in [5, 5.41) is 65.1. The molecule has 9 atom stereocenters. The lowest BCUT2D eigenvalue weighted by Crippen LogP contribution is -2.69. The summed E-state index contributed by atoms with van der Waals surface area (Å²) >= 11 is 0. The van der Waals surface area contributed by atoms with Gasteiger partial charge in [-0.05, 0) is 46.2 Å². The molecule has 394 valence electrons. The normalized spacial score (nSPS) is 25.2. The first kappa shape index (κ1) is 55.8. The number of benzene rings is 6. The number of hydrogen-bond acceptors (Lipinski definition) is 11. The summed E-state index contributed by atoms with van der Waals surface area (Å²) < 4.78 is 42.4. The Kier molecular flexibility index (Phi) is 16.8. The summed E-state index contributed by atoms with van der Waals surface area (Å²) in [7, 11) is -9.85. The molecular weight excluding hydrogens is 981 g/mol. The predicted molar refractivity (Wildman–Crippen MR) is 298 cm³/mol. The Hall–Kier alpha value is -4.47. The Morgan fingerprint density at radius 3 is 1.00 bits per heavy atom. The van der Waals surface area contributed by atoms with Crippen LogP contribution in [0.2, 0.25) is 15.1 Å². The molecule has 2 heterocycles. The minimum absolute atomic E-state index is 0.166. The van der Waals surface area contributed by atoms with Gasteiger partial charge in [0.25, 0.3) is 25.0 Å². The van der Waals surface area contributed by atoms with E-state index in [0.29, 0.717) is 0 Å². The molecule has 2 aliphatic rings. The van der Waals surface area contributed by atoms with E-state index in [9.17, 15) is 25.5 Å². The van der Waals surface area contributed by atoms with Crippen LogP contribution >= 0.6 is 0 Å². The van der Waals surface area contributed by atoms with Crippen LogP contribution in [0.1, 0.15) is 62.3 Å². The third-order valence-electron chi connectivity index (χ3n) is 15.2. The molecule has 0 amide bonds. The second kappa shape index (κ2) is 22.2. The molecule has 2 saturated heterocycles. The van der Waals surface area contributed by atoms with E-state index in [1.807, 2.05) is 133 Å². The standard InChI is InChI=1S/C60H76O11Si3/c1-57(2,3)72(43-28-16-10-17-29-43,44-30-18-11-19-31-44)66-40-49-51(61)53(63)54(64)56(69-49)71-60(42-68-74(59(7,8)9,47-36-24-14-25-37-47)48-38-26-15-27-39-48)55(65)52(62)50(70-60)41-67-73(58(4,5)6,45-32-20-12-21-33-45)46-34-22-13-23-35-46/h10-39,49-56,61-65H,40-42H2,1-9H3/t49-,50-,51-,52-,53+,54-,55+,56-,60+/m1/s1. The van der Waals surface area contributed by atoms with Crippen LogP contribution in [0, 0.1) is 0 Å². The number of ether oxygens (including phenoxy) is 3. The number of aliphatic hydroxyl groups excluding tert-OH is 5. The molecule has 0 radical (unpaired) electrons. The van der Waals surface area contributed by atoms with Crippen molar-refractivity contribution in [3.63, 3.8) is 0 Å². The molecule has 5 N–H and O–H groups in total. The van der Waals surface area contributed by atoms with Gasteiger partial charge in [-0.3, -0.25) is 0 Å². The van der Waals surface area contributed by atoms with Gasteiger partial charge in [0.05, 0.1) is 19.8 Å². The van der Waals surface area contributed by atoms with Crippen LogP contribution in [0.25, 0.3) is 0 Å². The molecule has 14 heteroatoms. The third kappa shape index (κ3) is 10.4. The van der Waals surface area contributed by atoms with Gasteiger partial charge in [0.2, 0.25) is 5.79 Å². The van der Waals surface area contributed by atoms with Crippen LogP contribution in [-0.4, -0.2) is 125 Å². The molecule has 0 spiro atoms. The minimum atomic E-state index is -3.42. The molecule has 0 unspecified atom stereocenters. The van der Waals surface area contributed by atoms with Crippen LogP contribution in [0.4, 0.5) is 0 Å². The zero-order valence-electron chi connectivity index (χ0n) is 44.2. The van der Waals surface area contributed by atoms with E-state index in [2.05, 4.69) is 111 Å². The smallest absolute Gasteiger partial charge is 0.261 e. The molecule has 0 aliphatic carbocycles. The van der Waals surface area contributed by atoms with Gasteiger partial charge in [-0.2, -0.15) is 0 Å². The number of rotatable bonds is 17. The number of hydrogen-bond donors (Lipinski definition) is 5. The van der Waals surface area contributed by atoms with E-state index in [0.717, 1.165) is 31.1 Å². The summed E-state index contributed by atoms with van der Waals surface area (Å²) in [6.07, 6.45) is -12.8. The summed E-state index contributed by atoms with van der Waals surface area (Å²) in [5.41, 5.74) is 0. The monoisotopic (exact) mass is 1060 g/mol. The van der Waals surface area contributed by atoms with Gasteiger partial charge in [-0.15, -0.1) is 0 Å². The maximum absolute atomic E-state index is 12.7. The summed E-state index contributed by atoms with van der Waals surface area (Å²) in [6.45, 7) is 18.4. The van der Waals surface area contributed by atoms with Crippen LogP contribution in [0.15, 0.2) is 182 Å². The molecule has 8 rings (SSSR count). The van der Waals surface area contributed by atoms with E-state index in [1.165, 1.54) is 0 Å². The molecule has 0 aromatic heterocycles. The fourth-order valence-electron chi connectivity index (χ4n) is 11.5. The lowest BCUT2D eigenvalue weighted by Gasteiger charge is -2.48. The Labute approximate surface area is 441 Å². The SMILES string of the molecule is CC(C)(C)[Si](OC[C@H]1O[C@@](CO[Si](c2ccccc2)(c2ccccc2)C(C)(C)C)(O[C@H]2O[C@H](CO[Si](c3ccccc3)(c3ccccc3)C(C)(C)C)[C@@H](O)[C@H](O)[C@H]2O)[C@@H](O)[C@@H]1O)(c1ccccc1)c1ccccc1. The van der Waals surface area contributed by atoms with Crippen LogP contribution < -0.4 is 31.1 Å². The van der Waals surface area contributed by atoms with E-state index >= 15 is 0 Å². The van der Waals surface area contributed by atoms with Gasteiger partial charge in [-0.25, -0.2) is 0 Å². The predicted octanol–water partition coefficient (Wildman–Crippen LogP) is 5.36.